The van der Waals surface area contributed by atoms with E-state index in [1.165, 1.54) is 0 Å². The average Bonchev–Trinajstić information content (AvgIpc) is 2.63. The Morgan fingerprint density at radius 1 is 1.12 bits per heavy atom. The van der Waals surface area contributed by atoms with E-state index in [0.717, 1.165) is 5.56 Å². The first-order valence-electron chi connectivity index (χ1n) is 8.14. The molecule has 0 radical (unpaired) electrons. The van der Waals surface area contributed by atoms with Gasteiger partial charge in [0.25, 0.3) is 5.56 Å². The van der Waals surface area contributed by atoms with Gasteiger partial charge in [0.05, 0.1) is 18.8 Å². The van der Waals surface area contributed by atoms with Gasteiger partial charge in [-0.15, -0.1) is 0 Å². The molecule has 0 saturated carbocycles. The van der Waals surface area contributed by atoms with Gasteiger partial charge in [0.15, 0.2) is 0 Å². The number of aromatic nitrogens is 2. The summed E-state index contributed by atoms with van der Waals surface area (Å²) in [6.07, 6.45) is 0. The zero-order chi connectivity index (χ0) is 17.8. The zero-order valence-corrected chi connectivity index (χ0v) is 15.0. The van der Waals surface area contributed by atoms with Gasteiger partial charge in [-0.1, -0.05) is 54.1 Å². The minimum Gasteiger partial charge on any atom is -0.494 e. The molecule has 0 amide bonds. The summed E-state index contributed by atoms with van der Waals surface area (Å²) in [6, 6.07) is 17.2. The summed E-state index contributed by atoms with van der Waals surface area (Å²) in [5.74, 6) is 0.701. The molecule has 0 aliphatic heterocycles. The molecule has 0 saturated heterocycles. The molecule has 25 heavy (non-hydrogen) atoms. The highest BCUT2D eigenvalue weighted by atomic mass is 35.5. The molecule has 5 heteroatoms. The van der Waals surface area contributed by atoms with Crippen LogP contribution in [0.2, 0.25) is 5.15 Å². The van der Waals surface area contributed by atoms with E-state index in [-0.39, 0.29) is 5.56 Å². The number of hydrogen-bond donors (Lipinski definition) is 0. The SMILES string of the molecule is CCOc1cccc(-c2nc(Cl)c(C)n(Cc3ccccc3)c2=O)c1. The van der Waals surface area contributed by atoms with Gasteiger partial charge in [0.2, 0.25) is 0 Å². The molecule has 3 aromatic rings. The Labute approximate surface area is 151 Å². The second-order valence-electron chi connectivity index (χ2n) is 5.67. The first-order valence-corrected chi connectivity index (χ1v) is 8.52. The maximum atomic E-state index is 13.0. The van der Waals surface area contributed by atoms with Crippen molar-refractivity contribution in [2.75, 3.05) is 6.61 Å². The van der Waals surface area contributed by atoms with E-state index in [4.69, 9.17) is 16.3 Å². The van der Waals surface area contributed by atoms with E-state index in [1.54, 1.807) is 11.5 Å². The molecular weight excluding hydrogens is 336 g/mol. The maximum Gasteiger partial charge on any atom is 0.277 e. The molecule has 0 aliphatic carbocycles. The summed E-state index contributed by atoms with van der Waals surface area (Å²) in [4.78, 5) is 17.3. The largest absolute Gasteiger partial charge is 0.494 e. The summed E-state index contributed by atoms with van der Waals surface area (Å²) >= 11 is 6.31. The number of rotatable bonds is 5. The smallest absolute Gasteiger partial charge is 0.277 e. The maximum absolute atomic E-state index is 13.0. The monoisotopic (exact) mass is 354 g/mol. The van der Waals surface area contributed by atoms with Crippen LogP contribution < -0.4 is 10.3 Å². The van der Waals surface area contributed by atoms with Gasteiger partial charge in [-0.2, -0.15) is 0 Å². The first-order chi connectivity index (χ1) is 12.1. The third-order valence-corrected chi connectivity index (χ3v) is 4.32. The fourth-order valence-electron chi connectivity index (χ4n) is 2.66. The highest BCUT2D eigenvalue weighted by Gasteiger charge is 2.15. The van der Waals surface area contributed by atoms with Crippen molar-refractivity contribution in [3.63, 3.8) is 0 Å². The van der Waals surface area contributed by atoms with Crippen molar-refractivity contribution in [1.29, 1.82) is 0 Å². The van der Waals surface area contributed by atoms with Gasteiger partial charge in [-0.05, 0) is 31.5 Å². The van der Waals surface area contributed by atoms with Gasteiger partial charge in [-0.3, -0.25) is 4.79 Å². The molecule has 128 valence electrons. The van der Waals surface area contributed by atoms with E-state index in [2.05, 4.69) is 4.98 Å². The number of nitrogens with zero attached hydrogens (tertiary/aromatic N) is 2. The number of benzene rings is 2. The topological polar surface area (TPSA) is 44.1 Å². The normalized spacial score (nSPS) is 10.7. The highest BCUT2D eigenvalue weighted by molar-refractivity contribution is 6.30. The first kappa shape index (κ1) is 17.2. The lowest BCUT2D eigenvalue weighted by Crippen LogP contribution is -2.26. The fraction of sp³-hybridized carbons (Fsp3) is 0.200. The van der Waals surface area contributed by atoms with Crippen LogP contribution in [0.1, 0.15) is 18.2 Å². The molecule has 0 bridgehead atoms. The van der Waals surface area contributed by atoms with Crippen molar-refractivity contribution < 1.29 is 4.74 Å². The standard InChI is InChI=1S/C20H19ClN2O2/c1-3-25-17-11-7-10-16(12-17)18-20(24)23(14(2)19(21)22-18)13-15-8-5-4-6-9-15/h4-12H,3,13H2,1-2H3. The minimum atomic E-state index is -0.167. The Hall–Kier alpha value is -2.59. The predicted octanol–water partition coefficient (Wildman–Crippen LogP) is 4.32. The summed E-state index contributed by atoms with van der Waals surface area (Å²) in [5.41, 5.74) is 2.54. The Morgan fingerprint density at radius 3 is 2.60 bits per heavy atom. The van der Waals surface area contributed by atoms with E-state index in [9.17, 15) is 4.79 Å². The third-order valence-electron chi connectivity index (χ3n) is 3.96. The zero-order valence-electron chi connectivity index (χ0n) is 14.2. The van der Waals surface area contributed by atoms with E-state index >= 15 is 0 Å². The van der Waals surface area contributed by atoms with Gasteiger partial charge in [0, 0.05) is 5.56 Å². The van der Waals surface area contributed by atoms with Crippen LogP contribution in [0.4, 0.5) is 0 Å². The van der Waals surface area contributed by atoms with Crippen molar-refractivity contribution in [2.24, 2.45) is 0 Å². The Bertz CT molecular complexity index is 936. The molecule has 0 spiro atoms. The van der Waals surface area contributed by atoms with Crippen molar-refractivity contribution in [2.45, 2.75) is 20.4 Å². The lowest BCUT2D eigenvalue weighted by atomic mass is 10.1. The molecule has 0 fully saturated rings. The number of hydrogen-bond acceptors (Lipinski definition) is 3. The van der Waals surface area contributed by atoms with Crippen LogP contribution in [0.5, 0.6) is 5.75 Å². The molecule has 2 aromatic carbocycles. The predicted molar refractivity (Wildman–Crippen MR) is 100 cm³/mol. The van der Waals surface area contributed by atoms with Crippen LogP contribution in [-0.2, 0) is 6.54 Å². The van der Waals surface area contributed by atoms with Gasteiger partial charge < -0.3 is 9.30 Å². The van der Waals surface area contributed by atoms with Crippen LogP contribution in [0.15, 0.2) is 59.4 Å². The van der Waals surface area contributed by atoms with Gasteiger partial charge in [0.1, 0.15) is 16.6 Å². The van der Waals surface area contributed by atoms with Crippen LogP contribution in [0, 0.1) is 6.92 Å². The lowest BCUT2D eigenvalue weighted by molar-refractivity contribution is 0.340. The number of ether oxygens (including phenoxy) is 1. The summed E-state index contributed by atoms with van der Waals surface area (Å²) in [6.45, 7) is 4.73. The minimum absolute atomic E-state index is 0.167. The Morgan fingerprint density at radius 2 is 1.88 bits per heavy atom. The lowest BCUT2D eigenvalue weighted by Gasteiger charge is -2.14. The van der Waals surface area contributed by atoms with Gasteiger partial charge >= 0.3 is 0 Å². The van der Waals surface area contributed by atoms with Crippen LogP contribution >= 0.6 is 11.6 Å². The average molecular weight is 355 g/mol. The molecule has 0 atom stereocenters. The van der Waals surface area contributed by atoms with Crippen molar-refractivity contribution >= 4 is 11.6 Å². The highest BCUT2D eigenvalue weighted by Crippen LogP contribution is 2.23. The quantitative estimate of drug-likeness (QED) is 0.685. The van der Waals surface area contributed by atoms with E-state index in [1.807, 2.05) is 61.5 Å². The van der Waals surface area contributed by atoms with E-state index < -0.39 is 0 Å². The Balaban J connectivity index is 2.10. The molecule has 0 N–H and O–H groups in total. The molecule has 1 heterocycles. The molecule has 0 unspecified atom stereocenters. The second kappa shape index (κ2) is 7.53. The van der Waals surface area contributed by atoms with Gasteiger partial charge in [-0.25, -0.2) is 4.98 Å². The second-order valence-corrected chi connectivity index (χ2v) is 6.03. The van der Waals surface area contributed by atoms with Crippen molar-refractivity contribution in [3.05, 3.63) is 81.4 Å². The molecule has 0 aliphatic rings. The van der Waals surface area contributed by atoms with E-state index in [0.29, 0.717) is 41.0 Å². The number of halogens is 1. The summed E-state index contributed by atoms with van der Waals surface area (Å²) in [5, 5.41) is 0.326. The molecule has 3 rings (SSSR count). The molecule has 1 aromatic heterocycles. The fourth-order valence-corrected chi connectivity index (χ4v) is 2.85. The third kappa shape index (κ3) is 3.74. The summed E-state index contributed by atoms with van der Waals surface area (Å²) < 4.78 is 7.18. The van der Waals surface area contributed by atoms with Crippen LogP contribution in [-0.4, -0.2) is 16.2 Å². The van der Waals surface area contributed by atoms with Crippen molar-refractivity contribution in [3.8, 4) is 17.0 Å². The van der Waals surface area contributed by atoms with Crippen molar-refractivity contribution in [1.82, 2.24) is 9.55 Å². The Kier molecular flexibility index (Phi) is 5.19. The molecule has 4 nitrogen and oxygen atoms in total. The van der Waals surface area contributed by atoms with Crippen LogP contribution in [0.3, 0.4) is 0 Å². The van der Waals surface area contributed by atoms with Crippen LogP contribution in [0.25, 0.3) is 11.3 Å². The summed E-state index contributed by atoms with van der Waals surface area (Å²) in [7, 11) is 0. The molecular formula is C20H19ClN2O2.